The Labute approximate surface area is 180 Å². The number of nitrogens with zero attached hydrogens (tertiary/aromatic N) is 3. The highest BCUT2D eigenvalue weighted by Gasteiger charge is 2.23. The fraction of sp³-hybridized carbons (Fsp3) is 0.292. The van der Waals surface area contributed by atoms with Gasteiger partial charge in [-0.1, -0.05) is 72.4 Å². The van der Waals surface area contributed by atoms with Crippen LogP contribution in [-0.2, 0) is 37.3 Å². The molecule has 0 atom stereocenters. The second-order valence-corrected chi connectivity index (χ2v) is 8.26. The number of aromatic nitrogens is 2. The number of carbonyl (C=O) groups excluding carboxylic acids is 1. The summed E-state index contributed by atoms with van der Waals surface area (Å²) >= 11 is 1.42. The molecule has 1 aromatic heterocycles. The summed E-state index contributed by atoms with van der Waals surface area (Å²) in [5.41, 5.74) is 3.74. The number of fused-ring (bicyclic) bond motifs is 1. The summed E-state index contributed by atoms with van der Waals surface area (Å²) in [6.45, 7) is 1.00. The van der Waals surface area contributed by atoms with Gasteiger partial charge in [-0.05, 0) is 36.6 Å². The second-order valence-electron chi connectivity index (χ2n) is 7.49. The van der Waals surface area contributed by atoms with Crippen LogP contribution in [0.3, 0.4) is 0 Å². The van der Waals surface area contributed by atoms with Gasteiger partial charge in [0.15, 0.2) is 5.16 Å². The Morgan fingerprint density at radius 2 is 1.60 bits per heavy atom. The van der Waals surface area contributed by atoms with E-state index in [-0.39, 0.29) is 18.0 Å². The third-order valence-corrected chi connectivity index (χ3v) is 6.09. The van der Waals surface area contributed by atoms with E-state index in [0.29, 0.717) is 18.2 Å². The molecule has 0 fully saturated rings. The fourth-order valence-corrected chi connectivity index (χ4v) is 4.45. The molecule has 5 nitrogen and oxygen atoms in total. The van der Waals surface area contributed by atoms with E-state index in [2.05, 4.69) is 4.98 Å². The lowest BCUT2D eigenvalue weighted by atomic mass is 10.1. The van der Waals surface area contributed by atoms with Crippen molar-refractivity contribution >= 4 is 17.7 Å². The SMILES string of the molecule is CSc1nc2c(c(=O)n1CC(=O)N(Cc1ccccc1)Cc1ccccc1)CCC2. The maximum Gasteiger partial charge on any atom is 0.258 e. The predicted octanol–water partition coefficient (Wildman–Crippen LogP) is 3.68. The van der Waals surface area contributed by atoms with E-state index in [1.807, 2.05) is 71.8 Å². The minimum absolute atomic E-state index is 0.00888. The van der Waals surface area contributed by atoms with Crippen molar-refractivity contribution in [2.45, 2.75) is 44.1 Å². The van der Waals surface area contributed by atoms with E-state index in [1.54, 1.807) is 4.57 Å². The maximum absolute atomic E-state index is 13.4. The quantitative estimate of drug-likeness (QED) is 0.433. The summed E-state index contributed by atoms with van der Waals surface area (Å²) in [6.07, 6.45) is 4.45. The van der Waals surface area contributed by atoms with Crippen molar-refractivity contribution in [1.29, 1.82) is 0 Å². The second kappa shape index (κ2) is 9.30. The highest BCUT2D eigenvalue weighted by atomic mass is 32.2. The van der Waals surface area contributed by atoms with Gasteiger partial charge >= 0.3 is 0 Å². The van der Waals surface area contributed by atoms with Crippen molar-refractivity contribution in [2.75, 3.05) is 6.26 Å². The van der Waals surface area contributed by atoms with Crippen LogP contribution in [0.5, 0.6) is 0 Å². The third-order valence-electron chi connectivity index (χ3n) is 5.41. The lowest BCUT2D eigenvalue weighted by Crippen LogP contribution is -2.37. The summed E-state index contributed by atoms with van der Waals surface area (Å²) in [5, 5.41) is 0.619. The van der Waals surface area contributed by atoms with E-state index < -0.39 is 0 Å². The first-order valence-electron chi connectivity index (χ1n) is 10.2. The Hall–Kier alpha value is -2.86. The van der Waals surface area contributed by atoms with Gasteiger partial charge in [0.25, 0.3) is 5.56 Å². The van der Waals surface area contributed by atoms with Gasteiger partial charge < -0.3 is 4.90 Å². The fourth-order valence-electron chi connectivity index (χ4n) is 3.88. The molecule has 3 aromatic rings. The number of aryl methyl sites for hydroxylation is 1. The van der Waals surface area contributed by atoms with Crippen LogP contribution in [0.1, 0.15) is 28.8 Å². The molecule has 154 valence electrons. The molecule has 1 aliphatic rings. The minimum Gasteiger partial charge on any atom is -0.332 e. The van der Waals surface area contributed by atoms with Crippen LogP contribution in [-0.4, -0.2) is 26.6 Å². The zero-order valence-electron chi connectivity index (χ0n) is 17.1. The molecule has 0 radical (unpaired) electrons. The molecule has 0 aliphatic heterocycles. The van der Waals surface area contributed by atoms with Crippen molar-refractivity contribution in [3.05, 3.63) is 93.4 Å². The zero-order valence-corrected chi connectivity index (χ0v) is 17.9. The highest BCUT2D eigenvalue weighted by molar-refractivity contribution is 7.98. The first-order chi connectivity index (χ1) is 14.7. The van der Waals surface area contributed by atoms with Crippen molar-refractivity contribution in [2.24, 2.45) is 0 Å². The summed E-state index contributed by atoms with van der Waals surface area (Å²) < 4.78 is 1.56. The molecule has 1 heterocycles. The third kappa shape index (κ3) is 4.49. The number of hydrogen-bond acceptors (Lipinski definition) is 4. The van der Waals surface area contributed by atoms with Crippen molar-refractivity contribution < 1.29 is 4.79 Å². The van der Waals surface area contributed by atoms with E-state index in [1.165, 1.54) is 11.8 Å². The largest absolute Gasteiger partial charge is 0.332 e. The van der Waals surface area contributed by atoms with Crippen LogP contribution in [0.25, 0.3) is 0 Å². The standard InChI is InChI=1S/C24H25N3O2S/c1-30-24-25-21-14-8-13-20(21)23(29)27(24)17-22(28)26(15-18-9-4-2-5-10-18)16-19-11-6-3-7-12-19/h2-7,9-12H,8,13-17H2,1H3. The monoisotopic (exact) mass is 419 g/mol. The van der Waals surface area contributed by atoms with E-state index in [9.17, 15) is 9.59 Å². The molecule has 4 rings (SSSR count). The normalized spacial score (nSPS) is 12.6. The number of thioether (sulfide) groups is 1. The number of benzene rings is 2. The molecule has 0 saturated heterocycles. The molecule has 1 amide bonds. The smallest absolute Gasteiger partial charge is 0.258 e. The summed E-state index contributed by atoms with van der Waals surface area (Å²) in [5.74, 6) is -0.0835. The van der Waals surface area contributed by atoms with Gasteiger partial charge in [-0.2, -0.15) is 0 Å². The average molecular weight is 420 g/mol. The molecule has 30 heavy (non-hydrogen) atoms. The predicted molar refractivity (Wildman–Crippen MR) is 119 cm³/mol. The van der Waals surface area contributed by atoms with Crippen LogP contribution in [0, 0.1) is 0 Å². The Balaban J connectivity index is 1.63. The molecule has 0 spiro atoms. The number of rotatable bonds is 7. The van der Waals surface area contributed by atoms with Crippen molar-refractivity contribution in [1.82, 2.24) is 14.5 Å². The molecule has 6 heteroatoms. The van der Waals surface area contributed by atoms with Gasteiger partial charge in [-0.25, -0.2) is 4.98 Å². The van der Waals surface area contributed by atoms with Crippen LogP contribution < -0.4 is 5.56 Å². The van der Waals surface area contributed by atoms with E-state index in [4.69, 9.17) is 0 Å². The van der Waals surface area contributed by atoms with Gasteiger partial charge in [0.2, 0.25) is 5.91 Å². The number of carbonyl (C=O) groups is 1. The van der Waals surface area contributed by atoms with E-state index in [0.717, 1.165) is 41.6 Å². The van der Waals surface area contributed by atoms with Crippen LogP contribution in [0.4, 0.5) is 0 Å². The lowest BCUT2D eigenvalue weighted by Gasteiger charge is -2.24. The number of amides is 1. The van der Waals surface area contributed by atoms with E-state index >= 15 is 0 Å². The molecule has 0 saturated carbocycles. The van der Waals surface area contributed by atoms with Gasteiger partial charge in [-0.15, -0.1) is 0 Å². The Kier molecular flexibility index (Phi) is 6.33. The van der Waals surface area contributed by atoms with Crippen LogP contribution in [0.2, 0.25) is 0 Å². The minimum atomic E-state index is -0.0835. The Bertz CT molecular complexity index is 1040. The molecule has 0 bridgehead atoms. The molecule has 1 aliphatic carbocycles. The lowest BCUT2D eigenvalue weighted by molar-refractivity contribution is -0.133. The summed E-state index contributed by atoms with van der Waals surface area (Å²) in [4.78, 5) is 32.9. The first kappa shape index (κ1) is 20.4. The van der Waals surface area contributed by atoms with Crippen molar-refractivity contribution in [3.8, 4) is 0 Å². The van der Waals surface area contributed by atoms with Gasteiger partial charge in [0.1, 0.15) is 6.54 Å². The average Bonchev–Trinajstić information content (AvgIpc) is 3.25. The number of hydrogen-bond donors (Lipinski definition) is 0. The first-order valence-corrected chi connectivity index (χ1v) is 11.4. The highest BCUT2D eigenvalue weighted by Crippen LogP contribution is 2.21. The molecule has 0 N–H and O–H groups in total. The van der Waals surface area contributed by atoms with Crippen LogP contribution >= 0.6 is 11.8 Å². The summed E-state index contributed by atoms with van der Waals surface area (Å²) in [7, 11) is 0. The molecular weight excluding hydrogens is 394 g/mol. The molecular formula is C24H25N3O2S. The topological polar surface area (TPSA) is 55.2 Å². The van der Waals surface area contributed by atoms with Crippen molar-refractivity contribution in [3.63, 3.8) is 0 Å². The zero-order chi connectivity index (χ0) is 20.9. The molecule has 2 aromatic carbocycles. The molecule has 0 unspecified atom stereocenters. The maximum atomic E-state index is 13.4. The van der Waals surface area contributed by atoms with Gasteiger partial charge in [0, 0.05) is 18.7 Å². The van der Waals surface area contributed by atoms with Gasteiger partial charge in [0.05, 0.1) is 5.69 Å². The Morgan fingerprint density at radius 3 is 2.17 bits per heavy atom. The van der Waals surface area contributed by atoms with Crippen LogP contribution in [0.15, 0.2) is 70.6 Å². The van der Waals surface area contributed by atoms with Gasteiger partial charge in [-0.3, -0.25) is 14.2 Å². The Morgan fingerprint density at radius 1 is 1.00 bits per heavy atom. The summed E-state index contributed by atoms with van der Waals surface area (Å²) in [6, 6.07) is 19.9.